The van der Waals surface area contributed by atoms with E-state index >= 15 is 0 Å². The van der Waals surface area contributed by atoms with E-state index in [9.17, 15) is 9.90 Å². The van der Waals surface area contributed by atoms with E-state index in [0.717, 1.165) is 16.7 Å². The molecule has 4 aromatic carbocycles. The number of phenols is 1. The maximum absolute atomic E-state index is 12.2. The zero-order valence-electron chi connectivity index (χ0n) is 18.5. The lowest BCUT2D eigenvalue weighted by molar-refractivity contribution is 0.144. The molecule has 2 N–H and O–H groups in total. The molecule has 0 saturated carbocycles. The monoisotopic (exact) mass is 445 g/mol. The minimum Gasteiger partial charge on any atom is -0.508 e. The van der Waals surface area contributed by atoms with Crippen molar-refractivity contribution in [2.24, 2.45) is 0 Å². The largest absolute Gasteiger partial charge is 0.508 e. The number of ether oxygens (including phenoxy) is 1. The smallest absolute Gasteiger partial charge is 0.407 e. The lowest BCUT2D eigenvalue weighted by atomic mass is 9.98. The van der Waals surface area contributed by atoms with Gasteiger partial charge in [0.15, 0.2) is 0 Å². The molecule has 4 nitrogen and oxygen atoms in total. The molecule has 1 aliphatic carbocycles. The van der Waals surface area contributed by atoms with Crippen LogP contribution < -0.4 is 5.32 Å². The van der Waals surface area contributed by atoms with Gasteiger partial charge in [0, 0.05) is 11.5 Å². The molecule has 0 saturated heterocycles. The predicted octanol–water partition coefficient (Wildman–Crippen LogP) is 5.95. The Bertz CT molecular complexity index is 1330. The quantitative estimate of drug-likeness (QED) is 0.382. The van der Waals surface area contributed by atoms with E-state index in [-0.39, 0.29) is 24.8 Å². The zero-order chi connectivity index (χ0) is 23.3. The summed E-state index contributed by atoms with van der Waals surface area (Å²) in [5.41, 5.74) is 7.70. The first kappa shape index (κ1) is 21.4. The van der Waals surface area contributed by atoms with Crippen LogP contribution in [0.4, 0.5) is 4.79 Å². The molecule has 0 bridgehead atoms. The molecule has 0 aliphatic heterocycles. The van der Waals surface area contributed by atoms with Crippen molar-refractivity contribution in [1.82, 2.24) is 5.32 Å². The number of rotatable bonds is 4. The number of alkyl carbamates (subject to hydrolysis) is 1. The number of carbonyl (C=O) groups excluding carboxylic acids is 1. The summed E-state index contributed by atoms with van der Waals surface area (Å²) in [5, 5.41) is 12.1. The van der Waals surface area contributed by atoms with Gasteiger partial charge in [-0.2, -0.15) is 0 Å². The Kier molecular flexibility index (Phi) is 6.01. The van der Waals surface area contributed by atoms with Crippen LogP contribution in [0.3, 0.4) is 0 Å². The van der Waals surface area contributed by atoms with Gasteiger partial charge in [-0.3, -0.25) is 0 Å². The van der Waals surface area contributed by atoms with E-state index in [0.29, 0.717) is 0 Å². The van der Waals surface area contributed by atoms with Crippen LogP contribution in [0, 0.1) is 11.8 Å². The fourth-order valence-electron chi connectivity index (χ4n) is 4.31. The topological polar surface area (TPSA) is 58.6 Å². The van der Waals surface area contributed by atoms with E-state index in [2.05, 4.69) is 41.4 Å². The number of hydrogen-bond acceptors (Lipinski definition) is 3. The van der Waals surface area contributed by atoms with Crippen molar-refractivity contribution in [3.8, 4) is 39.8 Å². The Labute approximate surface area is 198 Å². The van der Waals surface area contributed by atoms with E-state index in [1.54, 1.807) is 12.1 Å². The first-order valence-corrected chi connectivity index (χ1v) is 11.2. The summed E-state index contributed by atoms with van der Waals surface area (Å²) in [4.78, 5) is 12.2. The van der Waals surface area contributed by atoms with Crippen molar-refractivity contribution < 1.29 is 14.6 Å². The van der Waals surface area contributed by atoms with Crippen LogP contribution in [0.25, 0.3) is 22.3 Å². The van der Waals surface area contributed by atoms with Gasteiger partial charge in [-0.25, -0.2) is 4.79 Å². The molecule has 4 aromatic rings. The maximum Gasteiger partial charge on any atom is 0.407 e. The third-order valence-corrected chi connectivity index (χ3v) is 5.98. The van der Waals surface area contributed by atoms with Crippen molar-refractivity contribution in [2.75, 3.05) is 13.2 Å². The highest BCUT2D eigenvalue weighted by atomic mass is 16.5. The van der Waals surface area contributed by atoms with Crippen LogP contribution in [0.15, 0.2) is 97.1 Å². The molecule has 34 heavy (non-hydrogen) atoms. The standard InChI is InChI=1S/C30H23NO3/c32-24-17-15-23(16-18-24)22-13-11-21(12-14-22)6-5-19-31-30(33)34-20-29-27-9-3-1-7-25(27)26-8-2-4-10-28(26)29/h1-4,7-18,29,32H,19-20H2,(H,31,33). The van der Waals surface area contributed by atoms with Crippen molar-refractivity contribution in [3.05, 3.63) is 114 Å². The summed E-state index contributed by atoms with van der Waals surface area (Å²) in [6.07, 6.45) is -0.473. The lowest BCUT2D eigenvalue weighted by Crippen LogP contribution is -2.26. The van der Waals surface area contributed by atoms with Crippen LogP contribution in [0.2, 0.25) is 0 Å². The first-order valence-electron chi connectivity index (χ1n) is 11.2. The Morgan fingerprint density at radius 2 is 1.35 bits per heavy atom. The van der Waals surface area contributed by atoms with E-state index < -0.39 is 6.09 Å². The van der Waals surface area contributed by atoms with Gasteiger partial charge < -0.3 is 15.2 Å². The second-order valence-corrected chi connectivity index (χ2v) is 8.11. The number of aromatic hydroxyl groups is 1. The van der Waals surface area contributed by atoms with Crippen molar-refractivity contribution in [1.29, 1.82) is 0 Å². The van der Waals surface area contributed by atoms with Crippen LogP contribution in [0.5, 0.6) is 5.75 Å². The van der Waals surface area contributed by atoms with Crippen molar-refractivity contribution in [3.63, 3.8) is 0 Å². The highest BCUT2D eigenvalue weighted by Crippen LogP contribution is 2.44. The van der Waals surface area contributed by atoms with E-state index in [1.165, 1.54) is 22.3 Å². The van der Waals surface area contributed by atoms with Crippen molar-refractivity contribution in [2.45, 2.75) is 5.92 Å². The molecule has 0 atom stereocenters. The van der Waals surface area contributed by atoms with E-state index in [1.807, 2.05) is 60.7 Å². The van der Waals surface area contributed by atoms with Gasteiger partial charge in [-0.15, -0.1) is 0 Å². The van der Waals surface area contributed by atoms with E-state index in [4.69, 9.17) is 4.74 Å². The normalized spacial score (nSPS) is 11.6. The zero-order valence-corrected chi connectivity index (χ0v) is 18.5. The minimum absolute atomic E-state index is 0.0383. The number of phenolic OH excluding ortho intramolecular Hbond substituents is 1. The highest BCUT2D eigenvalue weighted by Gasteiger charge is 2.28. The molecular weight excluding hydrogens is 422 g/mol. The third-order valence-electron chi connectivity index (χ3n) is 5.98. The molecule has 0 aromatic heterocycles. The van der Waals surface area contributed by atoms with Crippen LogP contribution in [-0.4, -0.2) is 24.4 Å². The predicted molar refractivity (Wildman–Crippen MR) is 133 cm³/mol. The molecular formula is C30H23NO3. The van der Waals surface area contributed by atoms with Gasteiger partial charge in [0.25, 0.3) is 0 Å². The average molecular weight is 446 g/mol. The molecule has 4 heteroatoms. The molecule has 0 unspecified atom stereocenters. The summed E-state index contributed by atoms with van der Waals surface area (Å²) >= 11 is 0. The Morgan fingerprint density at radius 3 is 1.97 bits per heavy atom. The average Bonchev–Trinajstić information content (AvgIpc) is 3.20. The third kappa shape index (κ3) is 4.51. The van der Waals surface area contributed by atoms with Gasteiger partial charge in [0.05, 0.1) is 6.54 Å². The molecule has 5 rings (SSSR count). The van der Waals surface area contributed by atoms with Gasteiger partial charge in [0.2, 0.25) is 0 Å². The molecule has 0 spiro atoms. The molecule has 1 aliphatic rings. The molecule has 0 fully saturated rings. The fourth-order valence-corrected chi connectivity index (χ4v) is 4.31. The van der Waals surface area contributed by atoms with Crippen molar-refractivity contribution >= 4 is 6.09 Å². The number of fused-ring (bicyclic) bond motifs is 3. The van der Waals surface area contributed by atoms with Crippen LogP contribution in [0.1, 0.15) is 22.6 Å². The minimum atomic E-state index is -0.473. The Morgan fingerprint density at radius 1 is 0.794 bits per heavy atom. The van der Waals surface area contributed by atoms with Gasteiger partial charge in [0.1, 0.15) is 12.4 Å². The molecule has 1 amide bonds. The van der Waals surface area contributed by atoms with Crippen LogP contribution >= 0.6 is 0 Å². The fraction of sp³-hybridized carbons (Fsp3) is 0.100. The van der Waals surface area contributed by atoms with Gasteiger partial charge >= 0.3 is 6.09 Å². The number of hydrogen-bond donors (Lipinski definition) is 2. The second kappa shape index (κ2) is 9.56. The molecule has 166 valence electrons. The number of benzene rings is 4. The lowest BCUT2D eigenvalue weighted by Gasteiger charge is -2.14. The number of nitrogens with one attached hydrogen (secondary N) is 1. The number of amides is 1. The van der Waals surface area contributed by atoms with Crippen LogP contribution in [-0.2, 0) is 4.74 Å². The summed E-state index contributed by atoms with van der Waals surface area (Å²) in [6.45, 7) is 0.488. The highest BCUT2D eigenvalue weighted by molar-refractivity contribution is 5.79. The first-order chi connectivity index (χ1) is 16.7. The summed E-state index contributed by atoms with van der Waals surface area (Å²) < 4.78 is 5.53. The number of carbonyl (C=O) groups is 1. The van der Waals surface area contributed by atoms with Gasteiger partial charge in [-0.1, -0.05) is 84.6 Å². The Hall–Kier alpha value is -4.49. The summed E-state index contributed by atoms with van der Waals surface area (Å²) in [5.74, 6) is 6.30. The second-order valence-electron chi connectivity index (χ2n) is 8.11. The molecule has 0 heterocycles. The molecule has 0 radical (unpaired) electrons. The summed E-state index contributed by atoms with van der Waals surface area (Å²) in [6, 6.07) is 31.4. The maximum atomic E-state index is 12.2. The van der Waals surface area contributed by atoms with Gasteiger partial charge in [-0.05, 0) is 57.6 Å². The summed E-state index contributed by atoms with van der Waals surface area (Å²) in [7, 11) is 0. The Balaban J connectivity index is 1.14. The SMILES string of the molecule is O=C(NCC#Cc1ccc(-c2ccc(O)cc2)cc1)OCC1c2ccccc2-c2ccccc21.